The molecule has 0 saturated heterocycles. The zero-order chi connectivity index (χ0) is 17.1. The monoisotopic (exact) mass is 335 g/mol. The fourth-order valence-electron chi connectivity index (χ4n) is 3.21. The minimum atomic E-state index is -0.461. The van der Waals surface area contributed by atoms with Crippen LogP contribution >= 0.6 is 0 Å². The molecular formula is C20H18FN3O. The fourth-order valence-corrected chi connectivity index (χ4v) is 3.21. The molecule has 5 heteroatoms. The van der Waals surface area contributed by atoms with E-state index in [0.29, 0.717) is 18.1 Å². The maximum absolute atomic E-state index is 14.2. The number of hydrogen-bond donors (Lipinski definition) is 0. The number of ether oxygens (including phenoxy) is 1. The standard InChI is InChI=1S/C20H18FN3O/c21-20-16(8-5-11-23-20)17-12-19(24-18-9-2-1-7-15(17)18)25-13-14-6-3-4-10-22-14/h3-6,8,10-12H,1-2,7,9,13H2. The van der Waals surface area contributed by atoms with Crippen molar-refractivity contribution in [1.29, 1.82) is 0 Å². The summed E-state index contributed by atoms with van der Waals surface area (Å²) in [6, 6.07) is 11.0. The van der Waals surface area contributed by atoms with Gasteiger partial charge in [-0.05, 0) is 61.1 Å². The highest BCUT2D eigenvalue weighted by atomic mass is 19.1. The van der Waals surface area contributed by atoms with E-state index in [2.05, 4.69) is 15.0 Å². The van der Waals surface area contributed by atoms with Gasteiger partial charge in [0.2, 0.25) is 11.8 Å². The maximum atomic E-state index is 14.2. The molecule has 0 aromatic carbocycles. The van der Waals surface area contributed by atoms with E-state index in [0.717, 1.165) is 48.2 Å². The number of pyridine rings is 3. The molecule has 126 valence electrons. The Morgan fingerprint density at radius 2 is 1.84 bits per heavy atom. The van der Waals surface area contributed by atoms with Crippen LogP contribution < -0.4 is 4.74 Å². The van der Waals surface area contributed by atoms with Crippen LogP contribution in [0.25, 0.3) is 11.1 Å². The third-order valence-electron chi connectivity index (χ3n) is 4.42. The van der Waals surface area contributed by atoms with Gasteiger partial charge in [-0.1, -0.05) is 6.07 Å². The van der Waals surface area contributed by atoms with Crippen LogP contribution in [0.1, 0.15) is 29.8 Å². The van der Waals surface area contributed by atoms with Crippen molar-refractivity contribution in [2.75, 3.05) is 0 Å². The van der Waals surface area contributed by atoms with E-state index in [9.17, 15) is 4.39 Å². The van der Waals surface area contributed by atoms with Gasteiger partial charge in [-0.25, -0.2) is 9.97 Å². The van der Waals surface area contributed by atoms with Crippen molar-refractivity contribution in [3.63, 3.8) is 0 Å². The first-order valence-corrected chi connectivity index (χ1v) is 8.47. The van der Waals surface area contributed by atoms with Gasteiger partial charge in [-0.2, -0.15) is 4.39 Å². The summed E-state index contributed by atoms with van der Waals surface area (Å²) in [5.41, 5.74) is 4.29. The van der Waals surface area contributed by atoms with Crippen LogP contribution in [-0.2, 0) is 19.4 Å². The Labute approximate surface area is 145 Å². The number of aryl methyl sites for hydroxylation is 1. The Morgan fingerprint density at radius 3 is 2.68 bits per heavy atom. The van der Waals surface area contributed by atoms with E-state index < -0.39 is 5.95 Å². The summed E-state index contributed by atoms with van der Waals surface area (Å²) < 4.78 is 20.1. The smallest absolute Gasteiger partial charge is 0.220 e. The van der Waals surface area contributed by atoms with Crippen molar-refractivity contribution in [2.24, 2.45) is 0 Å². The van der Waals surface area contributed by atoms with Crippen LogP contribution in [0.4, 0.5) is 4.39 Å². The summed E-state index contributed by atoms with van der Waals surface area (Å²) in [4.78, 5) is 12.7. The summed E-state index contributed by atoms with van der Waals surface area (Å²) in [7, 11) is 0. The molecule has 0 fully saturated rings. The third kappa shape index (κ3) is 3.36. The van der Waals surface area contributed by atoms with Gasteiger partial charge in [-0.3, -0.25) is 4.98 Å². The zero-order valence-corrected chi connectivity index (χ0v) is 13.8. The lowest BCUT2D eigenvalue weighted by Gasteiger charge is -2.20. The number of aromatic nitrogens is 3. The van der Waals surface area contributed by atoms with E-state index in [4.69, 9.17) is 4.74 Å². The Balaban J connectivity index is 1.71. The van der Waals surface area contributed by atoms with Crippen molar-refractivity contribution >= 4 is 0 Å². The van der Waals surface area contributed by atoms with E-state index in [1.54, 1.807) is 18.3 Å². The first-order valence-electron chi connectivity index (χ1n) is 8.47. The van der Waals surface area contributed by atoms with Crippen LogP contribution in [-0.4, -0.2) is 15.0 Å². The molecular weight excluding hydrogens is 317 g/mol. The van der Waals surface area contributed by atoms with Crippen molar-refractivity contribution in [3.05, 3.63) is 71.7 Å². The Kier molecular flexibility index (Phi) is 4.37. The normalized spacial score (nSPS) is 13.3. The number of nitrogens with zero attached hydrogens (tertiary/aromatic N) is 3. The summed E-state index contributed by atoms with van der Waals surface area (Å²) >= 11 is 0. The molecule has 0 unspecified atom stereocenters. The summed E-state index contributed by atoms with van der Waals surface area (Å²) in [5.74, 6) is 0.0432. The van der Waals surface area contributed by atoms with Gasteiger partial charge >= 0.3 is 0 Å². The van der Waals surface area contributed by atoms with Crippen molar-refractivity contribution in [3.8, 4) is 17.0 Å². The summed E-state index contributed by atoms with van der Waals surface area (Å²) in [6.07, 6.45) is 7.19. The highest BCUT2D eigenvalue weighted by Crippen LogP contribution is 2.34. The molecule has 0 atom stereocenters. The number of rotatable bonds is 4. The van der Waals surface area contributed by atoms with E-state index in [1.807, 2.05) is 24.3 Å². The van der Waals surface area contributed by atoms with E-state index in [1.165, 1.54) is 6.20 Å². The molecule has 1 aliphatic carbocycles. The Morgan fingerprint density at radius 1 is 0.960 bits per heavy atom. The van der Waals surface area contributed by atoms with Crippen molar-refractivity contribution < 1.29 is 9.13 Å². The second-order valence-corrected chi connectivity index (χ2v) is 6.09. The van der Waals surface area contributed by atoms with Gasteiger partial charge in [0.05, 0.1) is 5.69 Å². The Hall–Kier alpha value is -2.82. The highest BCUT2D eigenvalue weighted by Gasteiger charge is 2.20. The third-order valence-corrected chi connectivity index (χ3v) is 4.42. The molecule has 1 aliphatic rings. The van der Waals surface area contributed by atoms with Gasteiger partial charge < -0.3 is 4.74 Å². The van der Waals surface area contributed by atoms with Crippen LogP contribution in [0.2, 0.25) is 0 Å². The summed E-state index contributed by atoms with van der Waals surface area (Å²) in [5, 5.41) is 0. The number of fused-ring (bicyclic) bond motifs is 1. The fraction of sp³-hybridized carbons (Fsp3) is 0.250. The molecule has 0 radical (unpaired) electrons. The predicted octanol–water partition coefficient (Wildman–Crippen LogP) is 4.14. The SMILES string of the molecule is Fc1ncccc1-c1cc(OCc2ccccn2)nc2c1CCCC2. The second-order valence-electron chi connectivity index (χ2n) is 6.09. The first-order chi connectivity index (χ1) is 12.3. The highest BCUT2D eigenvalue weighted by molar-refractivity contribution is 5.69. The molecule has 0 amide bonds. The molecule has 3 aromatic heterocycles. The van der Waals surface area contributed by atoms with Crippen LogP contribution in [0, 0.1) is 5.95 Å². The topological polar surface area (TPSA) is 47.9 Å². The molecule has 0 N–H and O–H groups in total. The predicted molar refractivity (Wildman–Crippen MR) is 92.6 cm³/mol. The van der Waals surface area contributed by atoms with Crippen LogP contribution in [0.3, 0.4) is 0 Å². The van der Waals surface area contributed by atoms with E-state index in [-0.39, 0.29) is 0 Å². The molecule has 0 spiro atoms. The largest absolute Gasteiger partial charge is 0.471 e. The molecule has 4 nitrogen and oxygen atoms in total. The van der Waals surface area contributed by atoms with Crippen LogP contribution in [0.5, 0.6) is 5.88 Å². The molecule has 0 bridgehead atoms. The Bertz CT molecular complexity index is 883. The second kappa shape index (κ2) is 6.97. The number of hydrogen-bond acceptors (Lipinski definition) is 4. The van der Waals surface area contributed by atoms with Gasteiger partial charge in [-0.15, -0.1) is 0 Å². The summed E-state index contributed by atoms with van der Waals surface area (Å²) in [6.45, 7) is 0.335. The van der Waals surface area contributed by atoms with Gasteiger partial charge in [0.15, 0.2) is 0 Å². The van der Waals surface area contributed by atoms with Crippen molar-refractivity contribution in [2.45, 2.75) is 32.3 Å². The lowest BCUT2D eigenvalue weighted by atomic mass is 9.89. The lowest BCUT2D eigenvalue weighted by Crippen LogP contribution is -2.10. The minimum absolute atomic E-state index is 0.335. The minimum Gasteiger partial charge on any atom is -0.471 e. The average Bonchev–Trinajstić information content (AvgIpc) is 2.67. The van der Waals surface area contributed by atoms with Gasteiger partial charge in [0, 0.05) is 29.7 Å². The quantitative estimate of drug-likeness (QED) is 0.673. The molecule has 25 heavy (non-hydrogen) atoms. The lowest BCUT2D eigenvalue weighted by molar-refractivity contribution is 0.288. The first kappa shape index (κ1) is 15.7. The molecule has 0 saturated carbocycles. The van der Waals surface area contributed by atoms with Crippen LogP contribution in [0.15, 0.2) is 48.8 Å². The van der Waals surface area contributed by atoms with E-state index >= 15 is 0 Å². The van der Waals surface area contributed by atoms with Gasteiger partial charge in [0.1, 0.15) is 6.61 Å². The molecule has 3 heterocycles. The molecule has 0 aliphatic heterocycles. The molecule has 3 aromatic rings. The van der Waals surface area contributed by atoms with Gasteiger partial charge in [0.25, 0.3) is 0 Å². The van der Waals surface area contributed by atoms with Crippen molar-refractivity contribution in [1.82, 2.24) is 15.0 Å². The molecule has 4 rings (SSSR count). The maximum Gasteiger partial charge on any atom is 0.220 e. The number of halogens is 1. The average molecular weight is 335 g/mol. The zero-order valence-electron chi connectivity index (χ0n) is 13.8.